The molecule has 0 saturated heterocycles. The highest BCUT2D eigenvalue weighted by Gasteiger charge is 2.20. The zero-order chi connectivity index (χ0) is 15.4. The van der Waals surface area contributed by atoms with Gasteiger partial charge in [0, 0.05) is 25.7 Å². The molecule has 5 nitrogen and oxygen atoms in total. The van der Waals surface area contributed by atoms with Gasteiger partial charge in [-0.2, -0.15) is 0 Å². The minimum absolute atomic E-state index is 0.151. The lowest BCUT2D eigenvalue weighted by Gasteiger charge is -2.24. The Bertz CT molecular complexity index is 247. The maximum Gasteiger partial charge on any atom is 0.323 e. The van der Waals surface area contributed by atoms with E-state index in [1.54, 1.807) is 0 Å². The third-order valence-electron chi connectivity index (χ3n) is 3.04. The van der Waals surface area contributed by atoms with E-state index < -0.39 is 0 Å². The number of hydrogen-bond acceptors (Lipinski definition) is 5. The fourth-order valence-electron chi connectivity index (χ4n) is 1.99. The molecule has 5 heteroatoms. The summed E-state index contributed by atoms with van der Waals surface area (Å²) >= 11 is 0. The standard InChI is InChI=1S/C15H32N2O3/c1-6-17(11-12-19-7-2)10-9-14(16-13(4)5)15(18)20-8-3/h13-14,16H,6-12H2,1-5H3. The fourth-order valence-corrected chi connectivity index (χ4v) is 1.99. The molecule has 120 valence electrons. The van der Waals surface area contributed by atoms with Crippen LogP contribution in [0.3, 0.4) is 0 Å². The molecule has 0 spiro atoms. The lowest BCUT2D eigenvalue weighted by atomic mass is 10.1. The van der Waals surface area contributed by atoms with Gasteiger partial charge in [-0.1, -0.05) is 20.8 Å². The summed E-state index contributed by atoms with van der Waals surface area (Å²) in [6, 6.07) is 0.0407. The highest BCUT2D eigenvalue weighted by molar-refractivity contribution is 5.75. The zero-order valence-corrected chi connectivity index (χ0v) is 13.8. The molecule has 1 atom stereocenters. The molecular weight excluding hydrogens is 256 g/mol. The Morgan fingerprint density at radius 3 is 2.35 bits per heavy atom. The smallest absolute Gasteiger partial charge is 0.323 e. The highest BCUT2D eigenvalue weighted by atomic mass is 16.5. The predicted molar refractivity (Wildman–Crippen MR) is 81.9 cm³/mol. The number of nitrogens with zero attached hydrogens (tertiary/aromatic N) is 1. The Morgan fingerprint density at radius 1 is 1.15 bits per heavy atom. The van der Waals surface area contributed by atoms with Gasteiger partial charge in [-0.05, 0) is 26.8 Å². The maximum atomic E-state index is 11.9. The Labute approximate surface area is 124 Å². The summed E-state index contributed by atoms with van der Waals surface area (Å²) in [5.74, 6) is -0.151. The van der Waals surface area contributed by atoms with Crippen molar-refractivity contribution in [3.8, 4) is 0 Å². The SMILES string of the molecule is CCOCCN(CC)CCC(NC(C)C)C(=O)OCC. The molecule has 0 aromatic carbocycles. The summed E-state index contributed by atoms with van der Waals surface area (Å²) in [7, 11) is 0. The lowest BCUT2D eigenvalue weighted by molar-refractivity contribution is -0.146. The lowest BCUT2D eigenvalue weighted by Crippen LogP contribution is -2.44. The van der Waals surface area contributed by atoms with Crippen molar-refractivity contribution in [2.45, 2.75) is 53.1 Å². The van der Waals surface area contributed by atoms with Crippen molar-refractivity contribution >= 4 is 5.97 Å². The van der Waals surface area contributed by atoms with E-state index in [-0.39, 0.29) is 18.1 Å². The average molecular weight is 288 g/mol. The van der Waals surface area contributed by atoms with Crippen LogP contribution >= 0.6 is 0 Å². The van der Waals surface area contributed by atoms with Crippen molar-refractivity contribution in [2.24, 2.45) is 0 Å². The van der Waals surface area contributed by atoms with Crippen LogP contribution in [0.1, 0.15) is 41.0 Å². The number of hydrogen-bond donors (Lipinski definition) is 1. The number of esters is 1. The first-order chi connectivity index (χ1) is 9.54. The molecule has 1 unspecified atom stereocenters. The van der Waals surface area contributed by atoms with Gasteiger partial charge in [-0.3, -0.25) is 4.79 Å². The Morgan fingerprint density at radius 2 is 1.85 bits per heavy atom. The summed E-state index contributed by atoms with van der Waals surface area (Å²) in [6.07, 6.45) is 0.761. The molecule has 0 aliphatic heterocycles. The van der Waals surface area contributed by atoms with Crippen LogP contribution in [0.5, 0.6) is 0 Å². The Kier molecular flexibility index (Phi) is 11.7. The minimum atomic E-state index is -0.226. The van der Waals surface area contributed by atoms with Gasteiger partial charge in [0.2, 0.25) is 0 Å². The van der Waals surface area contributed by atoms with E-state index in [0.29, 0.717) is 6.61 Å². The highest BCUT2D eigenvalue weighted by Crippen LogP contribution is 2.01. The van der Waals surface area contributed by atoms with E-state index in [1.807, 2.05) is 27.7 Å². The molecular formula is C15H32N2O3. The first-order valence-corrected chi connectivity index (χ1v) is 7.77. The molecule has 0 aromatic rings. The van der Waals surface area contributed by atoms with Crippen LogP contribution in [0.15, 0.2) is 0 Å². The Hall–Kier alpha value is -0.650. The molecule has 0 bridgehead atoms. The molecule has 0 saturated carbocycles. The largest absolute Gasteiger partial charge is 0.465 e. The molecule has 0 rings (SSSR count). The van der Waals surface area contributed by atoms with Crippen molar-refractivity contribution in [3.63, 3.8) is 0 Å². The van der Waals surface area contributed by atoms with Crippen molar-refractivity contribution in [2.75, 3.05) is 39.5 Å². The van der Waals surface area contributed by atoms with E-state index in [4.69, 9.17) is 9.47 Å². The predicted octanol–water partition coefficient (Wildman–Crippen LogP) is 1.66. The normalized spacial score (nSPS) is 12.9. The van der Waals surface area contributed by atoms with Crippen LogP contribution in [-0.4, -0.2) is 62.4 Å². The number of carbonyl (C=O) groups is 1. The molecule has 0 aliphatic carbocycles. The number of nitrogens with one attached hydrogen (secondary N) is 1. The third kappa shape index (κ3) is 9.28. The van der Waals surface area contributed by atoms with Gasteiger partial charge >= 0.3 is 5.97 Å². The fraction of sp³-hybridized carbons (Fsp3) is 0.933. The molecule has 20 heavy (non-hydrogen) atoms. The summed E-state index contributed by atoms with van der Waals surface area (Å²) < 4.78 is 10.5. The van der Waals surface area contributed by atoms with Gasteiger partial charge in [0.25, 0.3) is 0 Å². The van der Waals surface area contributed by atoms with E-state index in [1.165, 1.54) is 0 Å². The van der Waals surface area contributed by atoms with Crippen molar-refractivity contribution in [1.82, 2.24) is 10.2 Å². The quantitative estimate of drug-likeness (QED) is 0.437. The van der Waals surface area contributed by atoms with Crippen LogP contribution in [0.25, 0.3) is 0 Å². The number of carbonyl (C=O) groups excluding carboxylic acids is 1. The van der Waals surface area contributed by atoms with E-state index >= 15 is 0 Å². The van der Waals surface area contributed by atoms with Crippen LogP contribution in [-0.2, 0) is 14.3 Å². The molecule has 0 heterocycles. The third-order valence-corrected chi connectivity index (χ3v) is 3.04. The number of ether oxygens (including phenoxy) is 2. The molecule has 0 aromatic heterocycles. The first kappa shape index (κ1) is 19.4. The van der Waals surface area contributed by atoms with Gasteiger partial charge in [-0.15, -0.1) is 0 Å². The van der Waals surface area contributed by atoms with Gasteiger partial charge in [0.15, 0.2) is 0 Å². The zero-order valence-electron chi connectivity index (χ0n) is 13.8. The second-order valence-corrected chi connectivity index (χ2v) is 5.05. The second-order valence-electron chi connectivity index (χ2n) is 5.05. The second kappa shape index (κ2) is 12.1. The van der Waals surface area contributed by atoms with E-state index in [9.17, 15) is 4.79 Å². The minimum Gasteiger partial charge on any atom is -0.465 e. The summed E-state index contributed by atoms with van der Waals surface area (Å²) in [5, 5.41) is 3.28. The molecule has 0 amide bonds. The van der Waals surface area contributed by atoms with Gasteiger partial charge < -0.3 is 19.7 Å². The monoisotopic (exact) mass is 288 g/mol. The summed E-state index contributed by atoms with van der Waals surface area (Å²) in [6.45, 7) is 14.7. The van der Waals surface area contributed by atoms with Crippen LogP contribution in [0, 0.1) is 0 Å². The molecule has 1 N–H and O–H groups in total. The molecule has 0 fully saturated rings. The average Bonchev–Trinajstić information content (AvgIpc) is 2.41. The van der Waals surface area contributed by atoms with Crippen molar-refractivity contribution in [3.05, 3.63) is 0 Å². The van der Waals surface area contributed by atoms with Crippen LogP contribution in [0.2, 0.25) is 0 Å². The number of rotatable bonds is 12. The molecule has 0 radical (unpaired) electrons. The molecule has 0 aliphatic rings. The van der Waals surface area contributed by atoms with E-state index in [2.05, 4.69) is 17.1 Å². The topological polar surface area (TPSA) is 50.8 Å². The first-order valence-electron chi connectivity index (χ1n) is 7.77. The van der Waals surface area contributed by atoms with Crippen molar-refractivity contribution in [1.29, 1.82) is 0 Å². The van der Waals surface area contributed by atoms with Gasteiger partial charge in [-0.25, -0.2) is 0 Å². The van der Waals surface area contributed by atoms with E-state index in [0.717, 1.165) is 39.3 Å². The van der Waals surface area contributed by atoms with Gasteiger partial charge in [0.05, 0.1) is 13.2 Å². The van der Waals surface area contributed by atoms with Gasteiger partial charge in [0.1, 0.15) is 6.04 Å². The van der Waals surface area contributed by atoms with Crippen molar-refractivity contribution < 1.29 is 14.3 Å². The Balaban J connectivity index is 4.23. The van der Waals surface area contributed by atoms with Crippen LogP contribution < -0.4 is 5.32 Å². The number of likely N-dealkylation sites (N-methyl/N-ethyl adjacent to an activating group) is 1. The summed E-state index contributed by atoms with van der Waals surface area (Å²) in [4.78, 5) is 14.2. The summed E-state index contributed by atoms with van der Waals surface area (Å²) in [5.41, 5.74) is 0. The maximum absolute atomic E-state index is 11.9. The van der Waals surface area contributed by atoms with Crippen LogP contribution in [0.4, 0.5) is 0 Å².